The zero-order chi connectivity index (χ0) is 21.8. The molecule has 0 saturated heterocycles. The Morgan fingerprint density at radius 2 is 1.29 bits per heavy atom. The first-order valence-corrected chi connectivity index (χ1v) is 13.1. The predicted octanol–water partition coefficient (Wildman–Crippen LogP) is 8.91. The fourth-order valence-electron chi connectivity index (χ4n) is 5.92. The molecule has 0 amide bonds. The molecule has 1 fully saturated rings. The van der Waals surface area contributed by atoms with Crippen molar-refractivity contribution in [3.63, 3.8) is 0 Å². The second-order valence-corrected chi connectivity index (χ2v) is 9.46. The third-order valence-electron chi connectivity index (χ3n) is 7.39. The van der Waals surface area contributed by atoms with Crippen molar-refractivity contribution in [1.29, 1.82) is 0 Å². The van der Waals surface area contributed by atoms with Gasteiger partial charge >= 0.3 is 0 Å². The molecular weight excluding hydrogens is 376 g/mol. The SMILES string of the molecule is CCCCCCCCC(C1CCCCC1)C(OCC)(c1ccccc1)c1ccccc1. The van der Waals surface area contributed by atoms with Crippen LogP contribution >= 0.6 is 0 Å². The molecule has 2 aromatic rings. The molecule has 0 bridgehead atoms. The largest absolute Gasteiger partial charge is 0.366 e. The van der Waals surface area contributed by atoms with Crippen LogP contribution in [0, 0.1) is 11.8 Å². The molecule has 1 unspecified atom stereocenters. The van der Waals surface area contributed by atoms with Crippen molar-refractivity contribution in [2.24, 2.45) is 11.8 Å². The van der Waals surface area contributed by atoms with Crippen molar-refractivity contribution in [3.05, 3.63) is 71.8 Å². The van der Waals surface area contributed by atoms with Crippen molar-refractivity contribution in [2.75, 3.05) is 6.61 Å². The van der Waals surface area contributed by atoms with Gasteiger partial charge in [0.2, 0.25) is 0 Å². The molecule has 1 aliphatic rings. The summed E-state index contributed by atoms with van der Waals surface area (Å²) in [4.78, 5) is 0. The molecule has 31 heavy (non-hydrogen) atoms. The van der Waals surface area contributed by atoms with E-state index in [2.05, 4.69) is 74.5 Å². The molecule has 170 valence electrons. The van der Waals surface area contributed by atoms with Crippen LogP contribution in [-0.4, -0.2) is 6.61 Å². The van der Waals surface area contributed by atoms with Gasteiger partial charge < -0.3 is 4.74 Å². The van der Waals surface area contributed by atoms with Crippen molar-refractivity contribution < 1.29 is 4.74 Å². The summed E-state index contributed by atoms with van der Waals surface area (Å²) in [6, 6.07) is 22.2. The summed E-state index contributed by atoms with van der Waals surface area (Å²) in [7, 11) is 0. The van der Waals surface area contributed by atoms with E-state index in [0.29, 0.717) is 5.92 Å². The highest BCUT2D eigenvalue weighted by Crippen LogP contribution is 2.49. The van der Waals surface area contributed by atoms with Gasteiger partial charge in [-0.05, 0) is 36.3 Å². The lowest BCUT2D eigenvalue weighted by Gasteiger charge is -2.46. The van der Waals surface area contributed by atoms with Crippen molar-refractivity contribution in [1.82, 2.24) is 0 Å². The van der Waals surface area contributed by atoms with Gasteiger partial charge in [0.15, 0.2) is 0 Å². The van der Waals surface area contributed by atoms with E-state index in [1.54, 1.807) is 0 Å². The van der Waals surface area contributed by atoms with Crippen LogP contribution in [0.1, 0.15) is 102 Å². The first-order chi connectivity index (χ1) is 15.3. The molecular formula is C30H44O. The third-order valence-corrected chi connectivity index (χ3v) is 7.39. The van der Waals surface area contributed by atoms with Crippen LogP contribution in [0.3, 0.4) is 0 Å². The van der Waals surface area contributed by atoms with Gasteiger partial charge in [0.05, 0.1) is 0 Å². The lowest BCUT2D eigenvalue weighted by molar-refractivity contribution is -0.0832. The predicted molar refractivity (Wildman–Crippen MR) is 133 cm³/mol. The zero-order valence-electron chi connectivity index (χ0n) is 20.0. The van der Waals surface area contributed by atoms with Gasteiger partial charge in [0, 0.05) is 6.61 Å². The topological polar surface area (TPSA) is 9.23 Å². The molecule has 0 N–H and O–H groups in total. The molecule has 2 aromatic carbocycles. The second-order valence-electron chi connectivity index (χ2n) is 9.46. The van der Waals surface area contributed by atoms with Crippen LogP contribution in [0.2, 0.25) is 0 Å². The number of hydrogen-bond acceptors (Lipinski definition) is 1. The molecule has 1 nitrogen and oxygen atoms in total. The smallest absolute Gasteiger partial charge is 0.121 e. The number of rotatable bonds is 13. The van der Waals surface area contributed by atoms with Crippen LogP contribution in [0.5, 0.6) is 0 Å². The molecule has 3 rings (SSSR count). The minimum atomic E-state index is -0.345. The normalized spacial score (nSPS) is 16.3. The summed E-state index contributed by atoms with van der Waals surface area (Å²) in [5, 5.41) is 0. The minimum Gasteiger partial charge on any atom is -0.366 e. The van der Waals surface area contributed by atoms with E-state index in [1.165, 1.54) is 88.2 Å². The van der Waals surface area contributed by atoms with Gasteiger partial charge in [0.1, 0.15) is 5.60 Å². The Hall–Kier alpha value is -1.60. The number of hydrogen-bond donors (Lipinski definition) is 0. The Balaban J connectivity index is 1.97. The standard InChI is InChI=1S/C30H44O/c1-3-5-6-7-8-18-25-29(26-19-12-9-13-20-26)30(31-4-2,27-21-14-10-15-22-27)28-23-16-11-17-24-28/h10-11,14-17,21-24,26,29H,3-9,12-13,18-20,25H2,1-2H3. The van der Waals surface area contributed by atoms with Crippen molar-refractivity contribution in [3.8, 4) is 0 Å². The summed E-state index contributed by atoms with van der Waals surface area (Å²) >= 11 is 0. The van der Waals surface area contributed by atoms with Gasteiger partial charge in [-0.1, -0.05) is 138 Å². The van der Waals surface area contributed by atoms with Crippen LogP contribution in [0.4, 0.5) is 0 Å². The van der Waals surface area contributed by atoms with Crippen molar-refractivity contribution in [2.45, 2.75) is 96.5 Å². The first kappa shape index (κ1) is 24.1. The maximum absolute atomic E-state index is 6.91. The Bertz CT molecular complexity index is 662. The van der Waals surface area contributed by atoms with Crippen LogP contribution < -0.4 is 0 Å². The molecule has 0 spiro atoms. The Kier molecular flexibility index (Phi) is 10.1. The highest BCUT2D eigenvalue weighted by atomic mass is 16.5. The van der Waals surface area contributed by atoms with E-state index in [1.807, 2.05) is 0 Å². The van der Waals surface area contributed by atoms with Gasteiger partial charge in [-0.15, -0.1) is 0 Å². The van der Waals surface area contributed by atoms with Crippen LogP contribution in [0.25, 0.3) is 0 Å². The molecule has 0 heterocycles. The summed E-state index contributed by atoms with van der Waals surface area (Å²) in [6.07, 6.45) is 16.3. The first-order valence-electron chi connectivity index (χ1n) is 13.1. The highest BCUT2D eigenvalue weighted by Gasteiger charge is 2.46. The van der Waals surface area contributed by atoms with E-state index in [-0.39, 0.29) is 5.60 Å². The van der Waals surface area contributed by atoms with E-state index >= 15 is 0 Å². The fourth-order valence-corrected chi connectivity index (χ4v) is 5.92. The molecule has 1 atom stereocenters. The van der Waals surface area contributed by atoms with Crippen molar-refractivity contribution >= 4 is 0 Å². The minimum absolute atomic E-state index is 0.345. The summed E-state index contributed by atoms with van der Waals surface area (Å²) in [5.41, 5.74) is 2.33. The maximum atomic E-state index is 6.91. The average Bonchev–Trinajstić information content (AvgIpc) is 2.84. The van der Waals surface area contributed by atoms with E-state index in [0.717, 1.165) is 12.5 Å². The molecule has 1 saturated carbocycles. The zero-order valence-corrected chi connectivity index (χ0v) is 20.0. The molecule has 0 aromatic heterocycles. The third kappa shape index (κ3) is 6.22. The molecule has 0 radical (unpaired) electrons. The van der Waals surface area contributed by atoms with Crippen LogP contribution in [0.15, 0.2) is 60.7 Å². The average molecular weight is 421 g/mol. The molecule has 1 heteroatoms. The number of ether oxygens (including phenoxy) is 1. The Labute approximate surface area is 191 Å². The Morgan fingerprint density at radius 3 is 1.84 bits per heavy atom. The number of unbranched alkanes of at least 4 members (excludes halogenated alkanes) is 5. The monoisotopic (exact) mass is 420 g/mol. The lowest BCUT2D eigenvalue weighted by atomic mass is 9.65. The summed E-state index contributed by atoms with van der Waals surface area (Å²) < 4.78 is 6.91. The van der Waals surface area contributed by atoms with Gasteiger partial charge in [-0.25, -0.2) is 0 Å². The van der Waals surface area contributed by atoms with E-state index in [4.69, 9.17) is 4.74 Å². The highest BCUT2D eigenvalue weighted by molar-refractivity contribution is 5.38. The summed E-state index contributed by atoms with van der Waals surface area (Å²) in [5.74, 6) is 1.28. The van der Waals surface area contributed by atoms with Gasteiger partial charge in [-0.3, -0.25) is 0 Å². The Morgan fingerprint density at radius 1 is 0.742 bits per heavy atom. The molecule has 0 aliphatic heterocycles. The van der Waals surface area contributed by atoms with Gasteiger partial charge in [-0.2, -0.15) is 0 Å². The van der Waals surface area contributed by atoms with E-state index in [9.17, 15) is 0 Å². The quantitative estimate of drug-likeness (QED) is 0.294. The summed E-state index contributed by atoms with van der Waals surface area (Å²) in [6.45, 7) is 5.21. The molecule has 1 aliphatic carbocycles. The van der Waals surface area contributed by atoms with Crippen LogP contribution in [-0.2, 0) is 10.3 Å². The van der Waals surface area contributed by atoms with E-state index < -0.39 is 0 Å². The van der Waals surface area contributed by atoms with Gasteiger partial charge in [0.25, 0.3) is 0 Å². The fraction of sp³-hybridized carbons (Fsp3) is 0.600. The second kappa shape index (κ2) is 13.1. The lowest BCUT2D eigenvalue weighted by Crippen LogP contribution is -2.44. The number of benzene rings is 2. The maximum Gasteiger partial charge on any atom is 0.121 e.